The van der Waals surface area contributed by atoms with Crippen LogP contribution in [0.3, 0.4) is 0 Å². The Morgan fingerprint density at radius 1 is 1.42 bits per heavy atom. The number of aromatic nitrogens is 3. The van der Waals surface area contributed by atoms with Crippen molar-refractivity contribution < 1.29 is 26.5 Å². The molecule has 1 heterocycles. The minimum atomic E-state index is -3.74. The van der Waals surface area contributed by atoms with Gasteiger partial charge < -0.3 is 5.11 Å². The number of nitrogens with zero attached hydrogens (tertiary/aromatic N) is 3. The molecule has 1 aromatic carbocycles. The highest BCUT2D eigenvalue weighted by atomic mass is 32.2. The van der Waals surface area contributed by atoms with E-state index in [-0.39, 0.29) is 18.7 Å². The fourth-order valence-electron chi connectivity index (χ4n) is 2.27. The van der Waals surface area contributed by atoms with Crippen molar-refractivity contribution in [1.29, 1.82) is 0 Å². The van der Waals surface area contributed by atoms with E-state index in [1.165, 1.54) is 24.3 Å². The Balaban J connectivity index is 2.40. The molecule has 2 aromatic rings. The molecule has 10 heteroatoms. The molecular formula is C14H17F2N3O4S. The summed E-state index contributed by atoms with van der Waals surface area (Å²) in [7, 11) is -3.74. The van der Waals surface area contributed by atoms with Crippen molar-refractivity contribution in [1.82, 2.24) is 14.8 Å². The summed E-state index contributed by atoms with van der Waals surface area (Å²) in [5, 5.41) is 14.9. The molecule has 0 aliphatic carbocycles. The molecule has 2 rings (SSSR count). The molecule has 0 saturated heterocycles. The van der Waals surface area contributed by atoms with Gasteiger partial charge >= 0.3 is 0 Å². The zero-order valence-corrected chi connectivity index (χ0v) is 13.9. The molecule has 0 fully saturated rings. The van der Waals surface area contributed by atoms with Gasteiger partial charge in [0, 0.05) is 17.5 Å². The molecule has 1 aromatic heterocycles. The second kappa shape index (κ2) is 6.91. The fraction of sp³-hybridized carbons (Fsp3) is 0.429. The highest BCUT2D eigenvalue weighted by Crippen LogP contribution is 2.34. The first-order valence-corrected chi connectivity index (χ1v) is 8.78. The quantitative estimate of drug-likeness (QED) is 0.741. The molecule has 2 atom stereocenters. The molecule has 7 nitrogen and oxygen atoms in total. The third kappa shape index (κ3) is 4.34. The van der Waals surface area contributed by atoms with Crippen molar-refractivity contribution in [2.45, 2.75) is 19.1 Å². The van der Waals surface area contributed by atoms with E-state index in [2.05, 4.69) is 10.1 Å². The second-order valence-corrected chi connectivity index (χ2v) is 7.18. The average Bonchev–Trinajstić information content (AvgIpc) is 2.96. The first-order chi connectivity index (χ1) is 11.1. The minimum Gasteiger partial charge on any atom is -0.383 e. The summed E-state index contributed by atoms with van der Waals surface area (Å²) in [6.45, 7) is 0.885. The van der Waals surface area contributed by atoms with Gasteiger partial charge in [-0.2, -0.15) is 13.5 Å². The van der Waals surface area contributed by atoms with E-state index in [4.69, 9.17) is 4.18 Å². The minimum absolute atomic E-state index is 0.191. The molecule has 0 saturated carbocycles. The average molecular weight is 361 g/mol. The lowest BCUT2D eigenvalue weighted by molar-refractivity contribution is -0.0522. The SMILES string of the molecule is CC(COS(C)(=O)=O)C(O)(Cn1cncn1)c1ccc(F)cc1F. The normalized spacial score (nSPS) is 15.9. The van der Waals surface area contributed by atoms with Gasteiger partial charge in [-0.3, -0.25) is 4.18 Å². The summed E-state index contributed by atoms with van der Waals surface area (Å²) in [6.07, 6.45) is 3.42. The van der Waals surface area contributed by atoms with E-state index in [0.717, 1.165) is 18.4 Å². The molecular weight excluding hydrogens is 344 g/mol. The van der Waals surface area contributed by atoms with E-state index in [1.54, 1.807) is 0 Å². The number of benzene rings is 1. The number of halogens is 2. The predicted octanol–water partition coefficient (Wildman–Crippen LogP) is 1.06. The zero-order chi connectivity index (χ0) is 18.0. The van der Waals surface area contributed by atoms with E-state index in [1.807, 2.05) is 0 Å². The van der Waals surface area contributed by atoms with Gasteiger partial charge in [-0.05, 0) is 6.07 Å². The molecule has 132 valence electrons. The third-order valence-corrected chi connectivity index (χ3v) is 4.18. The van der Waals surface area contributed by atoms with Gasteiger partial charge in [0.25, 0.3) is 10.1 Å². The maximum atomic E-state index is 14.2. The molecule has 0 aliphatic heterocycles. The van der Waals surface area contributed by atoms with Crippen LogP contribution in [0.5, 0.6) is 0 Å². The first kappa shape index (κ1) is 18.4. The number of hydrogen-bond acceptors (Lipinski definition) is 6. The van der Waals surface area contributed by atoms with Crippen molar-refractivity contribution in [3.8, 4) is 0 Å². The van der Waals surface area contributed by atoms with Gasteiger partial charge in [-0.25, -0.2) is 18.4 Å². The molecule has 0 radical (unpaired) electrons. The van der Waals surface area contributed by atoms with Gasteiger partial charge in [0.05, 0.1) is 19.4 Å². The van der Waals surface area contributed by atoms with Gasteiger partial charge in [-0.1, -0.05) is 13.0 Å². The summed E-state index contributed by atoms with van der Waals surface area (Å²) in [5.74, 6) is -2.60. The van der Waals surface area contributed by atoms with Crippen LogP contribution in [0.25, 0.3) is 0 Å². The molecule has 0 aliphatic rings. The van der Waals surface area contributed by atoms with Gasteiger partial charge in [-0.15, -0.1) is 0 Å². The van der Waals surface area contributed by atoms with Crippen LogP contribution in [0.4, 0.5) is 8.78 Å². The Morgan fingerprint density at radius 3 is 2.67 bits per heavy atom. The number of rotatable bonds is 7. The van der Waals surface area contributed by atoms with Gasteiger partial charge in [0.2, 0.25) is 0 Å². The standard InChI is InChI=1S/C14H17F2N3O4S/c1-10(6-23-24(2,21)22)14(20,7-19-9-17-8-18-19)12-4-3-11(15)5-13(12)16/h3-5,8-10,20H,6-7H2,1-2H3. The van der Waals surface area contributed by atoms with Crippen LogP contribution in [0, 0.1) is 17.6 Å². The van der Waals surface area contributed by atoms with E-state index in [0.29, 0.717) is 6.07 Å². The second-order valence-electron chi connectivity index (χ2n) is 5.53. The number of aliphatic hydroxyl groups is 1. The highest BCUT2D eigenvalue weighted by molar-refractivity contribution is 7.85. The van der Waals surface area contributed by atoms with Crippen LogP contribution in [0.15, 0.2) is 30.9 Å². The Morgan fingerprint density at radius 2 is 2.12 bits per heavy atom. The van der Waals surface area contributed by atoms with E-state index >= 15 is 0 Å². The lowest BCUT2D eigenvalue weighted by atomic mass is 9.82. The van der Waals surface area contributed by atoms with Crippen molar-refractivity contribution in [3.05, 3.63) is 48.1 Å². The molecule has 0 bridgehead atoms. The van der Waals surface area contributed by atoms with Crippen LogP contribution in [-0.4, -0.2) is 41.2 Å². The van der Waals surface area contributed by atoms with Crippen molar-refractivity contribution in [2.75, 3.05) is 12.9 Å². The highest BCUT2D eigenvalue weighted by Gasteiger charge is 2.39. The van der Waals surface area contributed by atoms with Crippen LogP contribution < -0.4 is 0 Å². The molecule has 0 amide bonds. The van der Waals surface area contributed by atoms with Gasteiger partial charge in [0.15, 0.2) is 0 Å². The third-order valence-electron chi connectivity index (χ3n) is 3.61. The van der Waals surface area contributed by atoms with Crippen molar-refractivity contribution in [2.24, 2.45) is 5.92 Å². The first-order valence-electron chi connectivity index (χ1n) is 6.96. The predicted molar refractivity (Wildman–Crippen MR) is 80.2 cm³/mol. The topological polar surface area (TPSA) is 94.3 Å². The number of hydrogen-bond donors (Lipinski definition) is 1. The summed E-state index contributed by atoms with van der Waals surface area (Å²) in [5.41, 5.74) is -2.08. The Bertz CT molecular complexity index is 798. The molecule has 24 heavy (non-hydrogen) atoms. The lowest BCUT2D eigenvalue weighted by Crippen LogP contribution is -2.41. The molecule has 0 spiro atoms. The molecule has 2 unspecified atom stereocenters. The smallest absolute Gasteiger partial charge is 0.264 e. The fourth-order valence-corrected chi connectivity index (χ4v) is 2.72. The Hall–Kier alpha value is -1.91. The van der Waals surface area contributed by atoms with Crippen LogP contribution in [0.2, 0.25) is 0 Å². The molecule has 1 N–H and O–H groups in total. The Labute approximate surface area is 138 Å². The summed E-state index contributed by atoms with van der Waals surface area (Å²) in [6, 6.07) is 2.76. The maximum absolute atomic E-state index is 14.2. The van der Waals surface area contributed by atoms with Crippen molar-refractivity contribution in [3.63, 3.8) is 0 Å². The summed E-state index contributed by atoms with van der Waals surface area (Å²) < 4.78 is 55.7. The summed E-state index contributed by atoms with van der Waals surface area (Å²) in [4.78, 5) is 3.74. The monoisotopic (exact) mass is 361 g/mol. The maximum Gasteiger partial charge on any atom is 0.264 e. The van der Waals surface area contributed by atoms with E-state index < -0.39 is 33.3 Å². The van der Waals surface area contributed by atoms with Crippen LogP contribution >= 0.6 is 0 Å². The van der Waals surface area contributed by atoms with Crippen LogP contribution in [-0.2, 0) is 26.4 Å². The lowest BCUT2D eigenvalue weighted by Gasteiger charge is -2.34. The van der Waals surface area contributed by atoms with E-state index in [9.17, 15) is 22.3 Å². The Kier molecular flexibility index (Phi) is 5.31. The summed E-state index contributed by atoms with van der Waals surface area (Å²) >= 11 is 0. The van der Waals surface area contributed by atoms with Crippen molar-refractivity contribution >= 4 is 10.1 Å². The van der Waals surface area contributed by atoms with Crippen LogP contribution in [0.1, 0.15) is 12.5 Å². The largest absolute Gasteiger partial charge is 0.383 e. The zero-order valence-electron chi connectivity index (χ0n) is 13.1. The van der Waals surface area contributed by atoms with Gasteiger partial charge in [0.1, 0.15) is 29.9 Å².